The lowest BCUT2D eigenvalue weighted by Crippen LogP contribution is -2.20. The Balaban J connectivity index is 2.21. The fourth-order valence-electron chi connectivity index (χ4n) is 3.82. The molecule has 0 unspecified atom stereocenters. The summed E-state index contributed by atoms with van der Waals surface area (Å²) in [5.74, 6) is -1.02. The topological polar surface area (TPSA) is 66.9 Å². The minimum Gasteiger partial charge on any atom is -0.480 e. The van der Waals surface area contributed by atoms with Gasteiger partial charge in [-0.2, -0.15) is 0 Å². The lowest BCUT2D eigenvalue weighted by Gasteiger charge is -2.22. The molecule has 1 N–H and O–H groups in total. The van der Waals surface area contributed by atoms with Crippen LogP contribution in [0.5, 0.6) is 0 Å². The Bertz CT molecular complexity index is 1250. The number of hydrogen-bond acceptors (Lipinski definition) is 3. The van der Waals surface area contributed by atoms with E-state index in [0.29, 0.717) is 32.5 Å². The first-order chi connectivity index (χ1) is 13.3. The number of carboxylic acids is 1. The molecule has 4 rings (SSSR count). The average Bonchev–Trinajstić information content (AvgIpc) is 3.45. The minimum absolute atomic E-state index is 0.175. The van der Waals surface area contributed by atoms with Crippen molar-refractivity contribution in [3.63, 3.8) is 0 Å². The number of fused-ring (bicyclic) bond motifs is 2. The van der Waals surface area contributed by atoms with Crippen LogP contribution in [-0.2, 0) is 16.9 Å². The van der Waals surface area contributed by atoms with E-state index in [1.807, 2.05) is 6.07 Å². The summed E-state index contributed by atoms with van der Waals surface area (Å²) in [7, 11) is 3.60. The molecule has 1 saturated carbocycles. The van der Waals surface area contributed by atoms with Gasteiger partial charge in [0.1, 0.15) is 6.54 Å². The van der Waals surface area contributed by atoms with E-state index in [1.165, 1.54) is 0 Å². The van der Waals surface area contributed by atoms with E-state index < -0.39 is 11.5 Å². The van der Waals surface area contributed by atoms with Gasteiger partial charge in [0.15, 0.2) is 5.43 Å². The largest absolute Gasteiger partial charge is 0.480 e. The molecular weight excluding hydrogens is 378 g/mol. The van der Waals surface area contributed by atoms with Gasteiger partial charge in [-0.3, -0.25) is 9.59 Å². The number of aromatic nitrogens is 1. The number of benzene rings is 2. The smallest absolute Gasteiger partial charge is 0.323 e. The van der Waals surface area contributed by atoms with Crippen LogP contribution in [0.1, 0.15) is 18.4 Å². The van der Waals surface area contributed by atoms with E-state index in [2.05, 4.69) is 4.85 Å². The van der Waals surface area contributed by atoms with Crippen LogP contribution in [0.2, 0.25) is 5.02 Å². The van der Waals surface area contributed by atoms with Crippen molar-refractivity contribution in [2.45, 2.75) is 24.9 Å². The third kappa shape index (κ3) is 2.62. The highest BCUT2D eigenvalue weighted by molar-refractivity contribution is 6.35. The average molecular weight is 396 g/mol. The van der Waals surface area contributed by atoms with Gasteiger partial charge in [0.25, 0.3) is 5.54 Å². The molecule has 1 aromatic heterocycles. The number of carbonyl (C=O) groups is 1. The molecule has 0 bridgehead atoms. The van der Waals surface area contributed by atoms with Crippen molar-refractivity contribution in [3.8, 4) is 0 Å². The lowest BCUT2D eigenvalue weighted by molar-refractivity contribution is -0.137. The van der Waals surface area contributed by atoms with Gasteiger partial charge >= 0.3 is 5.97 Å². The second-order valence-electron chi connectivity index (χ2n) is 7.37. The van der Waals surface area contributed by atoms with Gasteiger partial charge in [-0.1, -0.05) is 17.7 Å². The Labute approximate surface area is 166 Å². The number of carboxylic acid groups (broad SMARTS) is 1. The molecule has 142 valence electrons. The molecule has 1 aliphatic carbocycles. The van der Waals surface area contributed by atoms with Gasteiger partial charge < -0.3 is 19.4 Å². The SMILES string of the molecule is [C-]#[N+]C1(c2ccc3c(=O)c4ccc(Cl)c(N(C)C)c4n(CC(=O)O)c3c2)CC1. The normalized spacial score (nSPS) is 14.8. The van der Waals surface area contributed by atoms with Crippen LogP contribution in [0.4, 0.5) is 5.69 Å². The highest BCUT2D eigenvalue weighted by Gasteiger charge is 2.52. The number of anilines is 1. The maximum Gasteiger partial charge on any atom is 0.323 e. The number of hydrogen-bond donors (Lipinski definition) is 1. The Morgan fingerprint density at radius 1 is 1.29 bits per heavy atom. The van der Waals surface area contributed by atoms with Crippen LogP contribution in [0.25, 0.3) is 26.7 Å². The first kappa shape index (κ1) is 18.3. The van der Waals surface area contributed by atoms with E-state index in [1.54, 1.807) is 47.8 Å². The summed E-state index contributed by atoms with van der Waals surface area (Å²) in [6.07, 6.45) is 1.54. The molecule has 28 heavy (non-hydrogen) atoms. The van der Waals surface area contributed by atoms with Gasteiger partial charge in [-0.05, 0) is 24.3 Å². The molecule has 6 nitrogen and oxygen atoms in total. The van der Waals surface area contributed by atoms with Crippen LogP contribution in [0.15, 0.2) is 35.1 Å². The Morgan fingerprint density at radius 3 is 2.54 bits per heavy atom. The lowest BCUT2D eigenvalue weighted by atomic mass is 10.0. The predicted octanol–water partition coefficient (Wildman–Crippen LogP) is 3.87. The summed E-state index contributed by atoms with van der Waals surface area (Å²) in [5.41, 5.74) is 1.69. The van der Waals surface area contributed by atoms with Gasteiger partial charge in [0.2, 0.25) is 0 Å². The minimum atomic E-state index is -1.02. The zero-order valence-corrected chi connectivity index (χ0v) is 16.2. The fourth-order valence-corrected chi connectivity index (χ4v) is 4.14. The van der Waals surface area contributed by atoms with Crippen molar-refractivity contribution < 1.29 is 9.90 Å². The highest BCUT2D eigenvalue weighted by atomic mass is 35.5. The number of pyridine rings is 1. The fraction of sp³-hybridized carbons (Fsp3) is 0.286. The number of aliphatic carboxylic acids is 1. The van der Waals surface area contributed by atoms with Gasteiger partial charge in [-0.15, -0.1) is 0 Å². The molecule has 1 aliphatic rings. The Morgan fingerprint density at radius 2 is 1.96 bits per heavy atom. The van der Waals surface area contributed by atoms with Crippen LogP contribution < -0.4 is 10.3 Å². The first-order valence-corrected chi connectivity index (χ1v) is 9.24. The predicted molar refractivity (Wildman–Crippen MR) is 110 cm³/mol. The molecule has 0 radical (unpaired) electrons. The van der Waals surface area contributed by atoms with E-state index in [9.17, 15) is 14.7 Å². The molecule has 2 aromatic carbocycles. The highest BCUT2D eigenvalue weighted by Crippen LogP contribution is 2.50. The van der Waals surface area contributed by atoms with E-state index in [0.717, 1.165) is 18.4 Å². The summed E-state index contributed by atoms with van der Waals surface area (Å²) >= 11 is 6.40. The molecule has 7 heteroatoms. The molecular formula is C21H18ClN3O3. The summed E-state index contributed by atoms with van der Waals surface area (Å²) < 4.78 is 1.62. The molecule has 0 atom stereocenters. The zero-order valence-electron chi connectivity index (χ0n) is 15.5. The van der Waals surface area contributed by atoms with Crippen molar-refractivity contribution in [1.29, 1.82) is 0 Å². The van der Waals surface area contributed by atoms with Crippen molar-refractivity contribution in [3.05, 3.63) is 62.6 Å². The molecule has 0 aliphatic heterocycles. The number of halogens is 1. The molecule has 0 amide bonds. The summed E-state index contributed by atoms with van der Waals surface area (Å²) in [6, 6.07) is 8.61. The van der Waals surface area contributed by atoms with Crippen LogP contribution in [0.3, 0.4) is 0 Å². The van der Waals surface area contributed by atoms with E-state index >= 15 is 0 Å². The number of nitrogens with zero attached hydrogens (tertiary/aromatic N) is 3. The van der Waals surface area contributed by atoms with Crippen molar-refractivity contribution in [1.82, 2.24) is 4.57 Å². The van der Waals surface area contributed by atoms with Crippen molar-refractivity contribution in [2.75, 3.05) is 19.0 Å². The van der Waals surface area contributed by atoms with E-state index in [4.69, 9.17) is 18.2 Å². The standard InChI is InChI=1S/C21H18ClN3O3/c1-23-21(8-9-21)12-4-5-13-16(10-12)25(11-17(26)27)18-14(20(13)28)6-7-15(22)19(18)24(2)3/h4-7,10H,8-9,11H2,2-3H3,(H,26,27). The zero-order chi connectivity index (χ0) is 20.2. The maximum atomic E-state index is 13.2. The van der Waals surface area contributed by atoms with Crippen LogP contribution in [-0.4, -0.2) is 29.7 Å². The van der Waals surface area contributed by atoms with Gasteiger partial charge in [-0.25, -0.2) is 6.57 Å². The maximum absolute atomic E-state index is 13.2. The van der Waals surface area contributed by atoms with Gasteiger partial charge in [0, 0.05) is 43.3 Å². The Kier molecular flexibility index (Phi) is 4.09. The van der Waals surface area contributed by atoms with Crippen molar-refractivity contribution in [2.24, 2.45) is 0 Å². The van der Waals surface area contributed by atoms with Gasteiger partial charge in [0.05, 0.1) is 21.7 Å². The number of rotatable bonds is 4. The first-order valence-electron chi connectivity index (χ1n) is 8.86. The molecule has 0 saturated heterocycles. The van der Waals surface area contributed by atoms with Crippen molar-refractivity contribution >= 4 is 45.1 Å². The quantitative estimate of drug-likeness (QED) is 0.538. The summed E-state index contributed by atoms with van der Waals surface area (Å²) in [5, 5.41) is 10.8. The monoisotopic (exact) mass is 395 g/mol. The molecule has 0 spiro atoms. The van der Waals surface area contributed by atoms with E-state index in [-0.39, 0.29) is 12.0 Å². The molecule has 3 aromatic rings. The van der Waals surface area contributed by atoms with Crippen LogP contribution in [0, 0.1) is 6.57 Å². The third-order valence-electron chi connectivity index (χ3n) is 5.37. The molecule has 1 fully saturated rings. The Hall–Kier alpha value is -3.04. The summed E-state index contributed by atoms with van der Waals surface area (Å²) in [4.78, 5) is 30.4. The van der Waals surface area contributed by atoms with Crippen LogP contribution >= 0.6 is 11.6 Å². The molecule has 1 heterocycles. The third-order valence-corrected chi connectivity index (χ3v) is 5.67. The second kappa shape index (κ2) is 6.25. The second-order valence-corrected chi connectivity index (χ2v) is 7.78. The summed E-state index contributed by atoms with van der Waals surface area (Å²) in [6.45, 7) is 7.19.